The molecule has 4 unspecified atom stereocenters. The SMILES string of the molecule is Cc1cc(CC(C)C)ccc1CCC1CC(C)(C(C)O)C(C)O1. The van der Waals surface area contributed by atoms with Gasteiger partial charge in [0.15, 0.2) is 0 Å². The maximum absolute atomic E-state index is 10.1. The molecular weight excluding hydrogens is 284 g/mol. The Bertz CT molecular complexity index is 521. The average Bonchev–Trinajstić information content (AvgIpc) is 2.74. The van der Waals surface area contributed by atoms with Crippen LogP contribution < -0.4 is 0 Å². The maximum atomic E-state index is 10.1. The summed E-state index contributed by atoms with van der Waals surface area (Å²) < 4.78 is 6.12. The fourth-order valence-electron chi connectivity index (χ4n) is 3.78. The van der Waals surface area contributed by atoms with E-state index in [0.29, 0.717) is 5.92 Å². The molecule has 0 spiro atoms. The molecule has 1 aromatic rings. The standard InChI is InChI=1S/C21H34O2/c1-14(2)11-18-7-8-19(15(3)12-18)9-10-20-13-21(6,16(4)22)17(5)23-20/h7-8,12,14,16-17,20,22H,9-11,13H2,1-6H3. The summed E-state index contributed by atoms with van der Waals surface area (Å²) in [5.41, 5.74) is 4.15. The maximum Gasteiger partial charge on any atom is 0.0629 e. The number of aliphatic hydroxyl groups excluding tert-OH is 1. The lowest BCUT2D eigenvalue weighted by molar-refractivity contribution is -0.0209. The van der Waals surface area contributed by atoms with Crippen LogP contribution in [0.15, 0.2) is 18.2 Å². The molecule has 1 heterocycles. The van der Waals surface area contributed by atoms with Gasteiger partial charge in [-0.05, 0) is 69.1 Å². The van der Waals surface area contributed by atoms with Crippen molar-refractivity contribution < 1.29 is 9.84 Å². The van der Waals surface area contributed by atoms with Crippen molar-refractivity contribution in [2.24, 2.45) is 11.3 Å². The molecule has 0 bridgehead atoms. The first-order chi connectivity index (χ1) is 10.7. The van der Waals surface area contributed by atoms with E-state index < -0.39 is 0 Å². The monoisotopic (exact) mass is 318 g/mol. The van der Waals surface area contributed by atoms with Gasteiger partial charge >= 0.3 is 0 Å². The van der Waals surface area contributed by atoms with Crippen molar-refractivity contribution in [2.75, 3.05) is 0 Å². The van der Waals surface area contributed by atoms with Crippen molar-refractivity contribution in [3.63, 3.8) is 0 Å². The van der Waals surface area contributed by atoms with E-state index in [0.717, 1.165) is 25.7 Å². The summed E-state index contributed by atoms with van der Waals surface area (Å²) in [5.74, 6) is 0.701. The summed E-state index contributed by atoms with van der Waals surface area (Å²) in [4.78, 5) is 0. The Labute approximate surface area is 142 Å². The fraction of sp³-hybridized carbons (Fsp3) is 0.714. The number of hydrogen-bond donors (Lipinski definition) is 1. The zero-order chi connectivity index (χ0) is 17.2. The summed E-state index contributed by atoms with van der Waals surface area (Å²) >= 11 is 0. The van der Waals surface area contributed by atoms with Gasteiger partial charge in [-0.1, -0.05) is 39.0 Å². The lowest BCUT2D eigenvalue weighted by atomic mass is 9.77. The second kappa shape index (κ2) is 7.36. The molecule has 1 aliphatic heterocycles. The predicted octanol–water partition coefficient (Wildman–Crippen LogP) is 4.69. The number of ether oxygens (including phenoxy) is 1. The normalized spacial score (nSPS) is 29.2. The molecule has 4 atom stereocenters. The molecule has 0 aromatic heterocycles. The summed E-state index contributed by atoms with van der Waals surface area (Å²) in [6.45, 7) is 12.9. The number of hydrogen-bond acceptors (Lipinski definition) is 2. The van der Waals surface area contributed by atoms with Crippen molar-refractivity contribution in [2.45, 2.75) is 85.5 Å². The van der Waals surface area contributed by atoms with Crippen molar-refractivity contribution in [3.05, 3.63) is 34.9 Å². The highest BCUT2D eigenvalue weighted by atomic mass is 16.5. The average molecular weight is 319 g/mol. The molecule has 2 rings (SSSR count). The van der Waals surface area contributed by atoms with Crippen LogP contribution in [0.1, 0.15) is 64.2 Å². The van der Waals surface area contributed by atoms with Crippen molar-refractivity contribution in [1.29, 1.82) is 0 Å². The van der Waals surface area contributed by atoms with Gasteiger partial charge in [0.25, 0.3) is 0 Å². The van der Waals surface area contributed by atoms with Gasteiger partial charge in [-0.3, -0.25) is 0 Å². The minimum atomic E-state index is -0.320. The Balaban J connectivity index is 1.94. The van der Waals surface area contributed by atoms with Crippen molar-refractivity contribution in [1.82, 2.24) is 0 Å². The molecule has 0 amide bonds. The van der Waals surface area contributed by atoms with Crippen LogP contribution in [-0.2, 0) is 17.6 Å². The molecule has 2 nitrogen and oxygen atoms in total. The summed E-state index contributed by atoms with van der Waals surface area (Å²) in [6.07, 6.45) is 4.27. The van der Waals surface area contributed by atoms with Gasteiger partial charge in [0, 0.05) is 5.41 Å². The van der Waals surface area contributed by atoms with Crippen LogP contribution in [0, 0.1) is 18.3 Å². The van der Waals surface area contributed by atoms with Crippen molar-refractivity contribution >= 4 is 0 Å². The third kappa shape index (κ3) is 4.36. The molecule has 130 valence electrons. The van der Waals surface area contributed by atoms with Gasteiger partial charge in [0.1, 0.15) is 0 Å². The highest BCUT2D eigenvalue weighted by Crippen LogP contribution is 2.42. The van der Waals surface area contributed by atoms with E-state index in [2.05, 4.69) is 52.8 Å². The fourth-order valence-corrected chi connectivity index (χ4v) is 3.78. The van der Waals surface area contributed by atoms with Gasteiger partial charge < -0.3 is 9.84 Å². The second-order valence-corrected chi connectivity index (χ2v) is 8.18. The highest BCUT2D eigenvalue weighted by molar-refractivity contribution is 5.31. The van der Waals surface area contributed by atoms with Crippen molar-refractivity contribution in [3.8, 4) is 0 Å². The highest BCUT2D eigenvalue weighted by Gasteiger charge is 2.45. The van der Waals surface area contributed by atoms with E-state index in [1.165, 1.54) is 16.7 Å². The molecule has 1 aliphatic rings. The third-order valence-electron chi connectivity index (χ3n) is 5.73. The molecular formula is C21H34O2. The quantitative estimate of drug-likeness (QED) is 0.824. The van der Waals surface area contributed by atoms with Gasteiger partial charge in [0.2, 0.25) is 0 Å². The Kier molecular flexibility index (Phi) is 5.91. The second-order valence-electron chi connectivity index (χ2n) is 8.18. The molecule has 1 saturated heterocycles. The molecule has 1 aromatic carbocycles. The van der Waals surface area contributed by atoms with Crippen LogP contribution in [0.5, 0.6) is 0 Å². The lowest BCUT2D eigenvalue weighted by Gasteiger charge is -2.30. The van der Waals surface area contributed by atoms with Crippen LogP contribution in [0.3, 0.4) is 0 Å². The van der Waals surface area contributed by atoms with Gasteiger partial charge in [-0.25, -0.2) is 0 Å². The summed E-state index contributed by atoms with van der Waals surface area (Å²) in [7, 11) is 0. The zero-order valence-corrected chi connectivity index (χ0v) is 15.7. The largest absolute Gasteiger partial charge is 0.393 e. The van der Waals surface area contributed by atoms with E-state index >= 15 is 0 Å². The number of benzene rings is 1. The van der Waals surface area contributed by atoms with Gasteiger partial charge in [0.05, 0.1) is 18.3 Å². The van der Waals surface area contributed by atoms with Gasteiger partial charge in [-0.15, -0.1) is 0 Å². The minimum Gasteiger partial charge on any atom is -0.393 e. The lowest BCUT2D eigenvalue weighted by Crippen LogP contribution is -2.36. The molecule has 2 heteroatoms. The predicted molar refractivity (Wildman–Crippen MR) is 96.8 cm³/mol. The van der Waals surface area contributed by atoms with Crippen LogP contribution in [0.4, 0.5) is 0 Å². The van der Waals surface area contributed by atoms with E-state index in [1.54, 1.807) is 0 Å². The topological polar surface area (TPSA) is 29.5 Å². The Morgan fingerprint density at radius 3 is 2.52 bits per heavy atom. The van der Waals surface area contributed by atoms with Crippen LogP contribution in [0.25, 0.3) is 0 Å². The smallest absolute Gasteiger partial charge is 0.0629 e. The molecule has 23 heavy (non-hydrogen) atoms. The summed E-state index contributed by atoms with van der Waals surface area (Å²) in [6, 6.07) is 6.91. The number of aryl methyl sites for hydroxylation is 2. The zero-order valence-electron chi connectivity index (χ0n) is 15.7. The summed E-state index contributed by atoms with van der Waals surface area (Å²) in [5, 5.41) is 10.1. The van der Waals surface area contributed by atoms with Crippen LogP contribution >= 0.6 is 0 Å². The molecule has 1 fully saturated rings. The first-order valence-corrected chi connectivity index (χ1v) is 9.14. The van der Waals surface area contributed by atoms with Crippen LogP contribution in [-0.4, -0.2) is 23.4 Å². The third-order valence-corrected chi connectivity index (χ3v) is 5.73. The molecule has 0 saturated carbocycles. The van der Waals surface area contributed by atoms with E-state index in [9.17, 15) is 5.11 Å². The first kappa shape index (κ1) is 18.5. The molecule has 0 radical (unpaired) electrons. The first-order valence-electron chi connectivity index (χ1n) is 9.14. The number of aliphatic hydroxyl groups is 1. The Morgan fingerprint density at radius 1 is 1.30 bits per heavy atom. The molecule has 1 N–H and O–H groups in total. The minimum absolute atomic E-state index is 0.110. The van der Waals surface area contributed by atoms with E-state index in [1.807, 2.05) is 6.92 Å². The van der Waals surface area contributed by atoms with Crippen LogP contribution in [0.2, 0.25) is 0 Å². The Hall–Kier alpha value is -0.860. The van der Waals surface area contributed by atoms with E-state index in [4.69, 9.17) is 4.74 Å². The Morgan fingerprint density at radius 2 is 2.00 bits per heavy atom. The number of rotatable bonds is 6. The molecule has 0 aliphatic carbocycles. The van der Waals surface area contributed by atoms with E-state index in [-0.39, 0.29) is 23.7 Å². The van der Waals surface area contributed by atoms with Gasteiger partial charge in [-0.2, -0.15) is 0 Å².